The highest BCUT2D eigenvalue weighted by Crippen LogP contribution is 2.15. The number of aromatic nitrogens is 1. The topological polar surface area (TPSA) is 64.4 Å². The second-order valence-corrected chi connectivity index (χ2v) is 6.17. The Hall–Kier alpha value is -3.08. The van der Waals surface area contributed by atoms with Crippen molar-refractivity contribution in [2.45, 2.75) is 32.4 Å². The van der Waals surface area contributed by atoms with Gasteiger partial charge in [0.05, 0.1) is 6.26 Å². The molecule has 5 nitrogen and oxygen atoms in total. The number of pyridine rings is 1. The Morgan fingerprint density at radius 2 is 2.15 bits per heavy atom. The Bertz CT molecular complexity index is 816. The number of aryl methyl sites for hydroxylation is 1. The number of amides is 1. The zero-order chi connectivity index (χ0) is 18.2. The average Bonchev–Trinajstić information content (AvgIpc) is 3.19. The fraction of sp³-hybridized carbons (Fsp3) is 0.238. The quantitative estimate of drug-likeness (QED) is 0.667. The molecule has 1 amide bonds. The van der Waals surface area contributed by atoms with Crippen molar-refractivity contribution in [3.63, 3.8) is 0 Å². The number of hydrogen-bond donors (Lipinski definition) is 1. The van der Waals surface area contributed by atoms with E-state index in [4.69, 9.17) is 9.15 Å². The lowest BCUT2D eigenvalue weighted by molar-refractivity contribution is 0.0937. The largest absolute Gasteiger partial charge is 0.489 e. The van der Waals surface area contributed by atoms with Crippen LogP contribution in [0.3, 0.4) is 0 Å². The van der Waals surface area contributed by atoms with Crippen LogP contribution in [0.25, 0.3) is 0 Å². The zero-order valence-corrected chi connectivity index (χ0v) is 14.7. The summed E-state index contributed by atoms with van der Waals surface area (Å²) >= 11 is 0. The Labute approximate surface area is 153 Å². The number of hydrogen-bond acceptors (Lipinski definition) is 4. The van der Waals surface area contributed by atoms with E-state index in [0.29, 0.717) is 17.9 Å². The van der Waals surface area contributed by atoms with Crippen LogP contribution in [0.2, 0.25) is 0 Å². The van der Waals surface area contributed by atoms with E-state index in [1.807, 2.05) is 43.3 Å². The number of benzene rings is 1. The van der Waals surface area contributed by atoms with Crippen molar-refractivity contribution in [2.24, 2.45) is 0 Å². The van der Waals surface area contributed by atoms with Gasteiger partial charge in [0.1, 0.15) is 18.1 Å². The lowest BCUT2D eigenvalue weighted by Crippen LogP contribution is -2.32. The normalized spacial score (nSPS) is 11.7. The monoisotopic (exact) mass is 350 g/mol. The molecule has 3 rings (SSSR count). The van der Waals surface area contributed by atoms with Crippen molar-refractivity contribution in [3.05, 3.63) is 84.1 Å². The molecule has 134 valence electrons. The van der Waals surface area contributed by atoms with Crippen LogP contribution in [0.5, 0.6) is 5.75 Å². The summed E-state index contributed by atoms with van der Waals surface area (Å²) in [7, 11) is 0. The molecule has 0 fully saturated rings. The van der Waals surface area contributed by atoms with Gasteiger partial charge in [0.2, 0.25) is 0 Å². The van der Waals surface area contributed by atoms with Gasteiger partial charge in [-0.3, -0.25) is 9.78 Å². The first-order valence-electron chi connectivity index (χ1n) is 8.66. The minimum atomic E-state index is -0.108. The summed E-state index contributed by atoms with van der Waals surface area (Å²) in [6.45, 7) is 2.40. The molecule has 26 heavy (non-hydrogen) atoms. The molecule has 3 aromatic rings. The molecule has 1 N–H and O–H groups in total. The minimum absolute atomic E-state index is 0.0487. The van der Waals surface area contributed by atoms with Crippen LogP contribution in [0.1, 0.15) is 35.0 Å². The maximum Gasteiger partial charge on any atom is 0.251 e. The third-order valence-corrected chi connectivity index (χ3v) is 4.01. The number of nitrogens with one attached hydrogen (secondary N) is 1. The predicted molar refractivity (Wildman–Crippen MR) is 99.0 cm³/mol. The summed E-state index contributed by atoms with van der Waals surface area (Å²) in [6, 6.07) is 14.9. The first kappa shape index (κ1) is 17.7. The maximum absolute atomic E-state index is 12.4. The minimum Gasteiger partial charge on any atom is -0.489 e. The lowest BCUT2D eigenvalue weighted by Gasteiger charge is -2.14. The van der Waals surface area contributed by atoms with Gasteiger partial charge in [-0.05, 0) is 49.7 Å². The number of ether oxygens (including phenoxy) is 1. The van der Waals surface area contributed by atoms with E-state index in [9.17, 15) is 4.79 Å². The molecular weight excluding hydrogens is 328 g/mol. The molecule has 0 spiro atoms. The van der Waals surface area contributed by atoms with Gasteiger partial charge >= 0.3 is 0 Å². The number of rotatable bonds is 8. The van der Waals surface area contributed by atoms with Gasteiger partial charge in [-0.1, -0.05) is 12.1 Å². The van der Waals surface area contributed by atoms with Crippen LogP contribution in [0, 0.1) is 0 Å². The summed E-state index contributed by atoms with van der Waals surface area (Å²) in [6.07, 6.45) is 6.76. The van der Waals surface area contributed by atoms with Crippen molar-refractivity contribution in [1.29, 1.82) is 0 Å². The van der Waals surface area contributed by atoms with Crippen LogP contribution in [0.4, 0.5) is 0 Å². The van der Waals surface area contributed by atoms with Gasteiger partial charge in [0.15, 0.2) is 0 Å². The number of furan rings is 1. The van der Waals surface area contributed by atoms with Gasteiger partial charge in [-0.2, -0.15) is 0 Å². The van der Waals surface area contributed by atoms with Crippen LogP contribution < -0.4 is 10.1 Å². The molecule has 5 heteroatoms. The fourth-order valence-corrected chi connectivity index (χ4v) is 2.57. The Morgan fingerprint density at radius 3 is 2.92 bits per heavy atom. The van der Waals surface area contributed by atoms with Gasteiger partial charge in [-0.15, -0.1) is 0 Å². The Balaban J connectivity index is 1.52. The second kappa shape index (κ2) is 8.85. The van der Waals surface area contributed by atoms with E-state index in [2.05, 4.69) is 10.3 Å². The summed E-state index contributed by atoms with van der Waals surface area (Å²) in [5.41, 5.74) is 1.56. The molecule has 0 saturated heterocycles. The molecule has 0 aliphatic carbocycles. The standard InChI is InChI=1S/C21H22N2O3/c1-16(9-10-19-8-4-12-25-19)23-21(24)18-6-2-7-20(13-18)26-15-17-5-3-11-22-14-17/h2-8,11-14,16H,9-10,15H2,1H3,(H,23,24). The van der Waals surface area contributed by atoms with E-state index in [-0.39, 0.29) is 11.9 Å². The number of nitrogens with zero attached hydrogens (tertiary/aromatic N) is 1. The van der Waals surface area contributed by atoms with Crippen LogP contribution in [0.15, 0.2) is 71.6 Å². The predicted octanol–water partition coefficient (Wildman–Crippen LogP) is 4.00. The van der Waals surface area contributed by atoms with Gasteiger partial charge in [-0.25, -0.2) is 0 Å². The van der Waals surface area contributed by atoms with Gasteiger partial charge < -0.3 is 14.5 Å². The van der Waals surface area contributed by atoms with E-state index >= 15 is 0 Å². The first-order valence-corrected chi connectivity index (χ1v) is 8.66. The Morgan fingerprint density at radius 1 is 1.23 bits per heavy atom. The molecule has 0 saturated carbocycles. The Kier molecular flexibility index (Phi) is 6.04. The van der Waals surface area contributed by atoms with E-state index in [1.54, 1.807) is 30.8 Å². The number of carbonyl (C=O) groups excluding carboxylic acids is 1. The summed E-state index contributed by atoms with van der Waals surface area (Å²) in [4.78, 5) is 16.5. The van der Waals surface area contributed by atoms with Crippen molar-refractivity contribution >= 4 is 5.91 Å². The smallest absolute Gasteiger partial charge is 0.251 e. The molecule has 1 atom stereocenters. The molecule has 0 radical (unpaired) electrons. The fourth-order valence-electron chi connectivity index (χ4n) is 2.57. The van der Waals surface area contributed by atoms with Gasteiger partial charge in [0, 0.05) is 36.0 Å². The van der Waals surface area contributed by atoms with Crippen molar-refractivity contribution < 1.29 is 13.9 Å². The van der Waals surface area contributed by atoms with Crippen LogP contribution in [-0.2, 0) is 13.0 Å². The molecular formula is C21H22N2O3. The SMILES string of the molecule is CC(CCc1ccco1)NC(=O)c1cccc(OCc2cccnc2)c1. The summed E-state index contributed by atoms with van der Waals surface area (Å²) in [5.74, 6) is 1.48. The third kappa shape index (κ3) is 5.21. The maximum atomic E-state index is 12.4. The number of carbonyl (C=O) groups is 1. The molecule has 2 aromatic heterocycles. The van der Waals surface area contributed by atoms with E-state index < -0.39 is 0 Å². The molecule has 0 bridgehead atoms. The van der Waals surface area contributed by atoms with E-state index in [0.717, 1.165) is 24.2 Å². The lowest BCUT2D eigenvalue weighted by atomic mass is 10.1. The molecule has 2 heterocycles. The molecule has 1 unspecified atom stereocenters. The summed E-state index contributed by atoms with van der Waals surface area (Å²) in [5, 5.41) is 3.01. The molecule has 1 aromatic carbocycles. The van der Waals surface area contributed by atoms with E-state index in [1.165, 1.54) is 0 Å². The zero-order valence-electron chi connectivity index (χ0n) is 14.7. The van der Waals surface area contributed by atoms with Crippen molar-refractivity contribution in [2.75, 3.05) is 0 Å². The highest BCUT2D eigenvalue weighted by Gasteiger charge is 2.11. The van der Waals surface area contributed by atoms with Crippen LogP contribution >= 0.6 is 0 Å². The van der Waals surface area contributed by atoms with Gasteiger partial charge in [0.25, 0.3) is 5.91 Å². The highest BCUT2D eigenvalue weighted by molar-refractivity contribution is 5.94. The van der Waals surface area contributed by atoms with Crippen molar-refractivity contribution in [1.82, 2.24) is 10.3 Å². The van der Waals surface area contributed by atoms with Crippen LogP contribution in [-0.4, -0.2) is 16.9 Å². The highest BCUT2D eigenvalue weighted by atomic mass is 16.5. The summed E-state index contributed by atoms with van der Waals surface area (Å²) < 4.78 is 11.1. The first-order chi connectivity index (χ1) is 12.7. The average molecular weight is 350 g/mol. The molecule has 0 aliphatic heterocycles. The second-order valence-electron chi connectivity index (χ2n) is 6.17. The third-order valence-electron chi connectivity index (χ3n) is 4.01. The molecule has 0 aliphatic rings. The van der Waals surface area contributed by atoms with Crippen molar-refractivity contribution in [3.8, 4) is 5.75 Å².